The Hall–Kier alpha value is -3.47. The molecular formula is C26H26FN3O. The van der Waals surface area contributed by atoms with Gasteiger partial charge in [0.15, 0.2) is 0 Å². The second kappa shape index (κ2) is 9.13. The van der Waals surface area contributed by atoms with E-state index in [4.69, 9.17) is 4.74 Å². The standard InChI is InChI=1S/C26H26FN3O/c1-17-4-7-20(8-5-17)16-28-26-29-24(19(3)25(30-26)31-23-13-14-23)15-6-18(2)21-9-11-22(27)12-10-21/h4-12,15,23H,2,13-14,16H2,1,3H3,(H,28,29,30)/b15-6-. The fraction of sp³-hybridized carbons (Fsp3) is 0.231. The first-order valence-electron chi connectivity index (χ1n) is 10.5. The molecule has 0 spiro atoms. The molecule has 1 fully saturated rings. The van der Waals surface area contributed by atoms with Gasteiger partial charge in [0.25, 0.3) is 0 Å². The molecule has 4 nitrogen and oxygen atoms in total. The summed E-state index contributed by atoms with van der Waals surface area (Å²) < 4.78 is 19.2. The number of aryl methyl sites for hydroxylation is 1. The molecule has 0 atom stereocenters. The summed E-state index contributed by atoms with van der Waals surface area (Å²) in [6.45, 7) is 8.74. The summed E-state index contributed by atoms with van der Waals surface area (Å²) >= 11 is 0. The highest BCUT2D eigenvalue weighted by molar-refractivity contribution is 5.77. The minimum absolute atomic E-state index is 0.240. The number of rotatable bonds is 8. The van der Waals surface area contributed by atoms with Crippen molar-refractivity contribution in [1.82, 2.24) is 9.97 Å². The molecule has 0 amide bonds. The Morgan fingerprint density at radius 3 is 2.48 bits per heavy atom. The molecular weight excluding hydrogens is 389 g/mol. The van der Waals surface area contributed by atoms with Gasteiger partial charge >= 0.3 is 0 Å². The third kappa shape index (κ3) is 5.57. The number of nitrogens with one attached hydrogen (secondary N) is 1. The van der Waals surface area contributed by atoms with Gasteiger partial charge in [0.05, 0.1) is 5.69 Å². The predicted molar refractivity (Wildman–Crippen MR) is 123 cm³/mol. The van der Waals surface area contributed by atoms with Crippen LogP contribution < -0.4 is 10.1 Å². The van der Waals surface area contributed by atoms with Crippen molar-refractivity contribution in [1.29, 1.82) is 0 Å². The lowest BCUT2D eigenvalue weighted by molar-refractivity contribution is 0.288. The van der Waals surface area contributed by atoms with Gasteiger partial charge in [-0.05, 0) is 61.6 Å². The molecule has 1 N–H and O–H groups in total. The first kappa shape index (κ1) is 20.8. The second-order valence-corrected chi connectivity index (χ2v) is 7.88. The van der Waals surface area contributed by atoms with E-state index in [2.05, 4.69) is 53.1 Å². The van der Waals surface area contributed by atoms with Crippen LogP contribution in [0.15, 0.2) is 61.2 Å². The molecule has 1 aromatic heterocycles. The molecule has 4 rings (SSSR count). The van der Waals surface area contributed by atoms with Crippen molar-refractivity contribution in [2.45, 2.75) is 39.3 Å². The van der Waals surface area contributed by atoms with E-state index in [0.29, 0.717) is 18.4 Å². The van der Waals surface area contributed by atoms with Gasteiger partial charge in [-0.3, -0.25) is 0 Å². The Labute approximate surface area is 182 Å². The van der Waals surface area contributed by atoms with Gasteiger partial charge in [-0.15, -0.1) is 0 Å². The van der Waals surface area contributed by atoms with Gasteiger partial charge in [0, 0.05) is 12.1 Å². The van der Waals surface area contributed by atoms with Crippen LogP contribution in [0.4, 0.5) is 10.3 Å². The van der Waals surface area contributed by atoms with Crippen molar-refractivity contribution in [3.63, 3.8) is 0 Å². The number of hydrogen-bond donors (Lipinski definition) is 1. The Bertz CT molecular complexity index is 1100. The Morgan fingerprint density at radius 1 is 1.10 bits per heavy atom. The monoisotopic (exact) mass is 415 g/mol. The number of aromatic nitrogens is 2. The van der Waals surface area contributed by atoms with Crippen molar-refractivity contribution in [3.05, 3.63) is 95.0 Å². The van der Waals surface area contributed by atoms with E-state index in [1.165, 1.54) is 17.7 Å². The number of halogens is 1. The van der Waals surface area contributed by atoms with Gasteiger partial charge in [0.1, 0.15) is 11.9 Å². The van der Waals surface area contributed by atoms with E-state index in [1.54, 1.807) is 12.1 Å². The van der Waals surface area contributed by atoms with Gasteiger partial charge < -0.3 is 10.1 Å². The van der Waals surface area contributed by atoms with Crippen molar-refractivity contribution in [2.75, 3.05) is 5.32 Å². The third-order valence-electron chi connectivity index (χ3n) is 5.17. The Balaban J connectivity index is 1.56. The summed E-state index contributed by atoms with van der Waals surface area (Å²) in [6, 6.07) is 14.6. The maximum atomic E-state index is 13.2. The lowest BCUT2D eigenvalue weighted by Crippen LogP contribution is -2.09. The number of anilines is 1. The molecule has 5 heteroatoms. The number of benzene rings is 2. The average Bonchev–Trinajstić information content (AvgIpc) is 3.58. The highest BCUT2D eigenvalue weighted by atomic mass is 19.1. The molecule has 0 radical (unpaired) electrons. The zero-order valence-corrected chi connectivity index (χ0v) is 17.9. The van der Waals surface area contributed by atoms with Crippen LogP contribution in [0, 0.1) is 19.7 Å². The van der Waals surface area contributed by atoms with Crippen LogP contribution in [0.5, 0.6) is 5.88 Å². The molecule has 1 aliphatic rings. The summed E-state index contributed by atoms with van der Waals surface area (Å²) in [5.74, 6) is 0.864. The lowest BCUT2D eigenvalue weighted by atomic mass is 10.1. The number of allylic oxidation sites excluding steroid dienone is 2. The number of hydrogen-bond acceptors (Lipinski definition) is 4. The van der Waals surface area contributed by atoms with Crippen LogP contribution in [-0.4, -0.2) is 16.1 Å². The zero-order valence-electron chi connectivity index (χ0n) is 17.9. The van der Waals surface area contributed by atoms with E-state index in [-0.39, 0.29) is 11.9 Å². The topological polar surface area (TPSA) is 47.0 Å². The van der Waals surface area contributed by atoms with Crippen molar-refractivity contribution in [2.24, 2.45) is 0 Å². The number of nitrogens with zero attached hydrogens (tertiary/aromatic N) is 2. The lowest BCUT2D eigenvalue weighted by Gasteiger charge is -2.13. The predicted octanol–water partition coefficient (Wildman–Crippen LogP) is 6.11. The van der Waals surface area contributed by atoms with Gasteiger partial charge in [0.2, 0.25) is 11.8 Å². The zero-order chi connectivity index (χ0) is 21.8. The minimum Gasteiger partial charge on any atom is -0.474 e. The highest BCUT2D eigenvalue weighted by Crippen LogP contribution is 2.30. The first-order chi connectivity index (χ1) is 15.0. The quantitative estimate of drug-likeness (QED) is 0.451. The van der Waals surface area contributed by atoms with Crippen LogP contribution in [0.25, 0.3) is 11.6 Å². The molecule has 0 aliphatic heterocycles. The van der Waals surface area contributed by atoms with E-state index in [1.807, 2.05) is 19.1 Å². The van der Waals surface area contributed by atoms with E-state index >= 15 is 0 Å². The smallest absolute Gasteiger partial charge is 0.226 e. The van der Waals surface area contributed by atoms with Crippen molar-refractivity contribution < 1.29 is 9.13 Å². The SMILES string of the molecule is C=C(/C=C\c1nc(NCc2ccc(C)cc2)nc(OC2CC2)c1C)c1ccc(F)cc1. The van der Waals surface area contributed by atoms with Crippen LogP contribution in [0.1, 0.15) is 40.8 Å². The molecule has 1 saturated carbocycles. The highest BCUT2D eigenvalue weighted by Gasteiger charge is 2.25. The molecule has 1 aliphatic carbocycles. The first-order valence-corrected chi connectivity index (χ1v) is 10.5. The summed E-state index contributed by atoms with van der Waals surface area (Å²) in [6.07, 6.45) is 6.14. The summed E-state index contributed by atoms with van der Waals surface area (Å²) in [7, 11) is 0. The normalized spacial score (nSPS) is 13.4. The number of ether oxygens (including phenoxy) is 1. The van der Waals surface area contributed by atoms with Crippen LogP contribution in [0.2, 0.25) is 0 Å². The minimum atomic E-state index is -0.265. The van der Waals surface area contributed by atoms with Crippen LogP contribution in [-0.2, 0) is 6.54 Å². The van der Waals surface area contributed by atoms with Crippen molar-refractivity contribution >= 4 is 17.6 Å². The second-order valence-electron chi connectivity index (χ2n) is 7.88. The molecule has 1 heterocycles. The van der Waals surface area contributed by atoms with E-state index in [0.717, 1.165) is 40.8 Å². The largest absolute Gasteiger partial charge is 0.474 e. The summed E-state index contributed by atoms with van der Waals surface area (Å²) in [5.41, 5.74) is 5.66. The maximum absolute atomic E-state index is 13.2. The van der Waals surface area contributed by atoms with Crippen LogP contribution >= 0.6 is 0 Å². The average molecular weight is 416 g/mol. The molecule has 0 bridgehead atoms. The molecule has 3 aromatic rings. The molecule has 0 saturated heterocycles. The van der Waals surface area contributed by atoms with Gasteiger partial charge in [-0.2, -0.15) is 4.98 Å². The summed E-state index contributed by atoms with van der Waals surface area (Å²) in [5, 5.41) is 3.31. The molecule has 31 heavy (non-hydrogen) atoms. The van der Waals surface area contributed by atoms with E-state index < -0.39 is 0 Å². The molecule has 0 unspecified atom stereocenters. The van der Waals surface area contributed by atoms with Crippen molar-refractivity contribution in [3.8, 4) is 5.88 Å². The Kier molecular flexibility index (Phi) is 6.12. The third-order valence-corrected chi connectivity index (χ3v) is 5.17. The fourth-order valence-corrected chi connectivity index (χ4v) is 3.04. The Morgan fingerprint density at radius 2 is 1.81 bits per heavy atom. The van der Waals surface area contributed by atoms with E-state index in [9.17, 15) is 4.39 Å². The molecule has 158 valence electrons. The van der Waals surface area contributed by atoms with Gasteiger partial charge in [-0.1, -0.05) is 54.6 Å². The molecule has 2 aromatic carbocycles. The fourth-order valence-electron chi connectivity index (χ4n) is 3.04. The van der Waals surface area contributed by atoms with Crippen LogP contribution in [0.3, 0.4) is 0 Å². The van der Waals surface area contributed by atoms with Gasteiger partial charge in [-0.25, -0.2) is 9.37 Å². The summed E-state index contributed by atoms with van der Waals surface area (Å²) in [4.78, 5) is 9.28. The maximum Gasteiger partial charge on any atom is 0.226 e.